The number of benzene rings is 2. The first-order valence-corrected chi connectivity index (χ1v) is 9.41. The zero-order valence-electron chi connectivity index (χ0n) is 13.6. The zero-order chi connectivity index (χ0) is 17.1. The summed E-state index contributed by atoms with van der Waals surface area (Å²) in [5.41, 5.74) is 0.0587. The summed E-state index contributed by atoms with van der Waals surface area (Å²) in [6.07, 6.45) is 3.67. The molecule has 1 atom stereocenters. The summed E-state index contributed by atoms with van der Waals surface area (Å²) in [6.45, 7) is 2.17. The minimum atomic E-state index is -3.19. The van der Waals surface area contributed by atoms with E-state index in [1.807, 2.05) is 6.07 Å². The van der Waals surface area contributed by atoms with Gasteiger partial charge < -0.3 is 0 Å². The van der Waals surface area contributed by atoms with Crippen LogP contribution in [0.25, 0.3) is 10.8 Å². The molecule has 0 saturated heterocycles. The van der Waals surface area contributed by atoms with E-state index in [4.69, 9.17) is 0 Å². The Morgan fingerprint density at radius 3 is 2.46 bits per heavy atom. The highest BCUT2D eigenvalue weighted by molar-refractivity contribution is 9.10. The van der Waals surface area contributed by atoms with Crippen molar-refractivity contribution >= 4 is 26.7 Å². The number of alkyl halides is 3. The average Bonchev–Trinajstić information content (AvgIpc) is 2.75. The second kappa shape index (κ2) is 5.48. The van der Waals surface area contributed by atoms with Gasteiger partial charge in [0.15, 0.2) is 0 Å². The molecular weight excluding hydrogens is 377 g/mol. The number of fused-ring (bicyclic) bond motifs is 2. The summed E-state index contributed by atoms with van der Waals surface area (Å²) < 4.78 is 44.3. The van der Waals surface area contributed by atoms with E-state index in [2.05, 4.69) is 22.9 Å². The first-order valence-electron chi connectivity index (χ1n) is 8.62. The highest BCUT2D eigenvalue weighted by atomic mass is 79.9. The summed E-state index contributed by atoms with van der Waals surface area (Å²) in [4.78, 5) is 0. The first-order chi connectivity index (χ1) is 11.3. The molecule has 0 bridgehead atoms. The van der Waals surface area contributed by atoms with Crippen molar-refractivity contribution in [2.75, 3.05) is 0 Å². The average molecular weight is 397 g/mol. The van der Waals surface area contributed by atoms with E-state index in [1.165, 1.54) is 0 Å². The van der Waals surface area contributed by atoms with Crippen LogP contribution in [-0.2, 0) is 12.3 Å². The third-order valence-electron chi connectivity index (χ3n) is 6.01. The summed E-state index contributed by atoms with van der Waals surface area (Å²) >= 11 is 3.42. The molecule has 0 aromatic heterocycles. The van der Waals surface area contributed by atoms with Gasteiger partial charge in [0.2, 0.25) is 0 Å². The smallest absolute Gasteiger partial charge is 0.206 e. The number of rotatable bonds is 1. The maximum absolute atomic E-state index is 15.4. The minimum Gasteiger partial charge on any atom is -0.206 e. The minimum absolute atomic E-state index is 0.126. The fourth-order valence-electron chi connectivity index (χ4n) is 4.55. The van der Waals surface area contributed by atoms with E-state index < -0.39 is 21.6 Å². The number of hydrogen-bond donors (Lipinski definition) is 0. The fourth-order valence-corrected chi connectivity index (χ4v) is 5.51. The highest BCUT2D eigenvalue weighted by Crippen LogP contribution is 2.60. The summed E-state index contributed by atoms with van der Waals surface area (Å²) in [7, 11) is 0. The molecule has 0 amide bonds. The van der Waals surface area contributed by atoms with Gasteiger partial charge in [-0.2, -0.15) is 8.78 Å². The molecule has 2 aromatic carbocycles. The Morgan fingerprint density at radius 1 is 1.08 bits per heavy atom. The Labute approximate surface area is 148 Å². The molecule has 0 radical (unpaired) electrons. The Hall–Kier alpha value is -1.03. The third kappa shape index (κ3) is 2.18. The lowest BCUT2D eigenvalue weighted by molar-refractivity contribution is -0.0600. The van der Waals surface area contributed by atoms with Gasteiger partial charge in [0.1, 0.15) is 10.1 Å². The molecule has 2 aromatic rings. The Bertz CT molecular complexity index is 793. The van der Waals surface area contributed by atoms with Crippen LogP contribution in [0.2, 0.25) is 0 Å². The van der Waals surface area contributed by atoms with Gasteiger partial charge in [0.05, 0.1) is 5.56 Å². The van der Waals surface area contributed by atoms with E-state index in [0.717, 1.165) is 25.7 Å². The highest BCUT2D eigenvalue weighted by Gasteiger charge is 2.63. The van der Waals surface area contributed by atoms with Crippen LogP contribution in [0.1, 0.15) is 43.7 Å². The molecule has 1 unspecified atom stereocenters. The molecule has 0 heterocycles. The van der Waals surface area contributed by atoms with Crippen molar-refractivity contribution < 1.29 is 13.2 Å². The predicted octanol–water partition coefficient (Wildman–Crippen LogP) is 6.59. The zero-order valence-corrected chi connectivity index (χ0v) is 15.2. The molecule has 2 aliphatic carbocycles. The van der Waals surface area contributed by atoms with Crippen molar-refractivity contribution in [1.82, 2.24) is 0 Å². The quantitative estimate of drug-likeness (QED) is 0.477. The third-order valence-corrected chi connectivity index (χ3v) is 7.44. The second-order valence-electron chi connectivity index (χ2n) is 7.52. The van der Waals surface area contributed by atoms with Crippen LogP contribution in [0.15, 0.2) is 30.3 Å². The van der Waals surface area contributed by atoms with Crippen LogP contribution < -0.4 is 0 Å². The van der Waals surface area contributed by atoms with Gasteiger partial charge in [0.25, 0.3) is 5.92 Å². The van der Waals surface area contributed by atoms with Crippen LogP contribution in [0.5, 0.6) is 0 Å². The van der Waals surface area contributed by atoms with Gasteiger partial charge in [-0.15, -0.1) is 0 Å². The first kappa shape index (κ1) is 16.4. The molecule has 0 aliphatic heterocycles. The van der Waals surface area contributed by atoms with E-state index >= 15 is 8.78 Å². The van der Waals surface area contributed by atoms with Crippen LogP contribution in [0.3, 0.4) is 0 Å². The maximum atomic E-state index is 15.4. The standard InChI is InChI=1S/C20H20BrF3/c1-12-6-8-15(9-7-12)19(21)11-14-10-13-4-2-3-5-16(13)18(22)17(14)20(19,23)24/h2-5,10,12,15H,6-9,11H2,1H3. The van der Waals surface area contributed by atoms with E-state index in [1.54, 1.807) is 24.3 Å². The van der Waals surface area contributed by atoms with Gasteiger partial charge in [-0.1, -0.05) is 66.0 Å². The molecule has 1 saturated carbocycles. The molecule has 0 N–H and O–H groups in total. The lowest BCUT2D eigenvalue weighted by Crippen LogP contribution is -2.45. The fraction of sp³-hybridized carbons (Fsp3) is 0.500. The Balaban J connectivity index is 1.83. The maximum Gasteiger partial charge on any atom is 0.291 e. The van der Waals surface area contributed by atoms with Crippen LogP contribution in [0, 0.1) is 17.7 Å². The molecule has 4 rings (SSSR count). The van der Waals surface area contributed by atoms with Gasteiger partial charge in [-0.25, -0.2) is 4.39 Å². The van der Waals surface area contributed by atoms with Gasteiger partial charge in [-0.05, 0) is 42.0 Å². The summed E-state index contributed by atoms with van der Waals surface area (Å²) in [5.74, 6) is -3.48. The van der Waals surface area contributed by atoms with Crippen molar-refractivity contribution in [1.29, 1.82) is 0 Å². The van der Waals surface area contributed by atoms with Crippen molar-refractivity contribution in [3.05, 3.63) is 47.3 Å². The lowest BCUT2D eigenvalue weighted by Gasteiger charge is -2.40. The largest absolute Gasteiger partial charge is 0.291 e. The second-order valence-corrected chi connectivity index (χ2v) is 8.93. The topological polar surface area (TPSA) is 0 Å². The molecule has 24 heavy (non-hydrogen) atoms. The Kier molecular flexibility index (Phi) is 3.76. The summed E-state index contributed by atoms with van der Waals surface area (Å²) in [5, 5.41) is 0.975. The molecular formula is C20H20BrF3. The normalized spacial score (nSPS) is 32.0. The van der Waals surface area contributed by atoms with Crippen molar-refractivity contribution in [2.24, 2.45) is 11.8 Å². The SMILES string of the molecule is CC1CCC(C2(Br)Cc3cc4ccccc4c(F)c3C2(F)F)CC1. The van der Waals surface area contributed by atoms with Crippen molar-refractivity contribution in [2.45, 2.75) is 49.3 Å². The summed E-state index contributed by atoms with van der Waals surface area (Å²) in [6, 6.07) is 8.61. The molecule has 4 heteroatoms. The van der Waals surface area contributed by atoms with Crippen LogP contribution in [0.4, 0.5) is 13.2 Å². The molecule has 0 spiro atoms. The van der Waals surface area contributed by atoms with Gasteiger partial charge in [-0.3, -0.25) is 0 Å². The van der Waals surface area contributed by atoms with E-state index in [0.29, 0.717) is 16.9 Å². The van der Waals surface area contributed by atoms with Gasteiger partial charge in [0, 0.05) is 5.39 Å². The molecule has 128 valence electrons. The van der Waals surface area contributed by atoms with Gasteiger partial charge >= 0.3 is 0 Å². The predicted molar refractivity (Wildman–Crippen MR) is 94.3 cm³/mol. The van der Waals surface area contributed by atoms with Crippen LogP contribution in [-0.4, -0.2) is 4.32 Å². The van der Waals surface area contributed by atoms with Crippen molar-refractivity contribution in [3.63, 3.8) is 0 Å². The number of hydrogen-bond acceptors (Lipinski definition) is 0. The van der Waals surface area contributed by atoms with E-state index in [9.17, 15) is 4.39 Å². The molecule has 2 aliphatic rings. The number of halogens is 4. The van der Waals surface area contributed by atoms with Crippen LogP contribution >= 0.6 is 15.9 Å². The molecule has 0 nitrogen and oxygen atoms in total. The monoisotopic (exact) mass is 396 g/mol. The van der Waals surface area contributed by atoms with Crippen molar-refractivity contribution in [3.8, 4) is 0 Å². The lowest BCUT2D eigenvalue weighted by atomic mass is 9.74. The Morgan fingerprint density at radius 2 is 1.75 bits per heavy atom. The van der Waals surface area contributed by atoms with E-state index in [-0.39, 0.29) is 17.7 Å². The molecule has 1 fully saturated rings.